The summed E-state index contributed by atoms with van der Waals surface area (Å²) in [5, 5.41) is 27.5. The van der Waals surface area contributed by atoms with Gasteiger partial charge in [-0.1, -0.05) is 64.8 Å². The molecule has 3 rings (SSSR count). The molecule has 1 aromatic heterocycles. The van der Waals surface area contributed by atoms with Crippen LogP contribution in [0.1, 0.15) is 37.2 Å². The van der Waals surface area contributed by atoms with Gasteiger partial charge in [-0.05, 0) is 36.0 Å². The van der Waals surface area contributed by atoms with Crippen molar-refractivity contribution >= 4 is 62.3 Å². The number of carboxylic acid groups (broad SMARTS) is 2. The highest BCUT2D eigenvalue weighted by molar-refractivity contribution is 8.51. The average molecular weight is 728 g/mol. The Balaban J connectivity index is -0.000000164. The van der Waals surface area contributed by atoms with Gasteiger partial charge in [0.15, 0.2) is 6.04 Å². The highest BCUT2D eigenvalue weighted by Crippen LogP contribution is 2.18. The van der Waals surface area contributed by atoms with Gasteiger partial charge >= 0.3 is 23.6 Å². The van der Waals surface area contributed by atoms with E-state index in [0.717, 1.165) is 24.6 Å². The Morgan fingerprint density at radius 1 is 0.977 bits per heavy atom. The number of carbonyl (C=O) groups is 2. The second kappa shape index (κ2) is 25.7. The molecule has 2 unspecified atom stereocenters. The smallest absolute Gasteiger partial charge is 1.00 e. The Morgan fingerprint density at radius 3 is 1.75 bits per heavy atom. The second-order valence-corrected chi connectivity index (χ2v) is 12.3. The van der Waals surface area contributed by atoms with Crippen molar-refractivity contribution in [3.8, 4) is 0 Å². The second-order valence-electron chi connectivity index (χ2n) is 7.26. The first-order valence-corrected chi connectivity index (χ1v) is 16.5. The van der Waals surface area contributed by atoms with E-state index < -0.39 is 34.2 Å². The minimum atomic E-state index is -3.90. The molecule has 0 aliphatic heterocycles. The highest BCUT2D eigenvalue weighted by atomic mass is 35.5. The maximum Gasteiger partial charge on any atom is 1.00 e. The third-order valence-corrected chi connectivity index (χ3v) is 7.66. The molecular formula is C22H30ClN9O7S5. The van der Waals surface area contributed by atoms with Gasteiger partial charge in [0.1, 0.15) is 12.4 Å². The van der Waals surface area contributed by atoms with Gasteiger partial charge in [-0.15, -0.1) is 0 Å². The van der Waals surface area contributed by atoms with Crippen molar-refractivity contribution in [1.82, 2.24) is 8.96 Å². The summed E-state index contributed by atoms with van der Waals surface area (Å²) in [5.74, 6) is -2.15. The first-order chi connectivity index (χ1) is 20.3. The molecule has 16 nitrogen and oxygen atoms in total. The van der Waals surface area contributed by atoms with E-state index in [1.807, 2.05) is 26.0 Å². The van der Waals surface area contributed by atoms with E-state index in [1.165, 1.54) is 30.2 Å². The lowest BCUT2D eigenvalue weighted by atomic mass is 10.1. The van der Waals surface area contributed by atoms with Gasteiger partial charge in [0, 0.05) is 70.9 Å². The van der Waals surface area contributed by atoms with Crippen LogP contribution in [-0.4, -0.2) is 51.7 Å². The van der Waals surface area contributed by atoms with Crippen LogP contribution in [0.15, 0.2) is 76.9 Å². The Morgan fingerprint density at radius 2 is 1.43 bits per heavy atom. The predicted octanol–water partition coefficient (Wildman–Crippen LogP) is 0.758. The molecule has 22 heteroatoms. The first kappa shape index (κ1) is 44.7. The van der Waals surface area contributed by atoms with E-state index in [-0.39, 0.29) is 15.3 Å². The zero-order valence-corrected chi connectivity index (χ0v) is 27.9. The minimum absolute atomic E-state index is 0. The number of hydrogen-bond donors (Lipinski definition) is 4. The van der Waals surface area contributed by atoms with Gasteiger partial charge in [-0.3, -0.25) is 9.59 Å². The number of imidazole rings is 1. The molecule has 0 saturated carbocycles. The molecule has 0 fully saturated rings. The van der Waals surface area contributed by atoms with Crippen LogP contribution in [0.25, 0.3) is 20.9 Å². The predicted molar refractivity (Wildman–Crippen MR) is 173 cm³/mol. The first-order valence-electron chi connectivity index (χ1n) is 11.1. The summed E-state index contributed by atoms with van der Waals surface area (Å²) >= 11 is 8.66. The third kappa shape index (κ3) is 18.7. The van der Waals surface area contributed by atoms with Crippen LogP contribution in [0.2, 0.25) is 0 Å². The number of aliphatic hydroxyl groups is 1. The molecule has 0 spiro atoms. The minimum Gasteiger partial charge on any atom is -1.00 e. The van der Waals surface area contributed by atoms with E-state index in [0.29, 0.717) is 15.1 Å². The molecule has 0 bridgehead atoms. The Hall–Kier alpha value is -3.75. The lowest BCUT2D eigenvalue weighted by Crippen LogP contribution is -3.00. The maximum absolute atomic E-state index is 10.8. The number of aliphatic hydroxyl groups excluding tert-OH is 1. The molecule has 3 aromatic rings. The number of aliphatic carboxylic acids is 2. The maximum atomic E-state index is 10.8. The fourth-order valence-electron chi connectivity index (χ4n) is 2.45. The quantitative estimate of drug-likeness (QED) is 0.150. The van der Waals surface area contributed by atoms with Crippen molar-refractivity contribution in [2.24, 2.45) is 15.4 Å². The lowest BCUT2D eigenvalue weighted by molar-refractivity contribution is -0.139. The molecule has 242 valence electrons. The number of azide groups is 2. The third-order valence-electron chi connectivity index (χ3n) is 4.41. The summed E-state index contributed by atoms with van der Waals surface area (Å²) in [5.41, 5.74) is 24.7. The number of nitrogens with zero attached hydrogens (tertiary/aromatic N) is 8. The molecule has 44 heavy (non-hydrogen) atoms. The highest BCUT2D eigenvalue weighted by Gasteiger charge is 2.17. The molecule has 0 saturated heterocycles. The largest absolute Gasteiger partial charge is 1.00 e. The molecule has 0 aliphatic rings. The van der Waals surface area contributed by atoms with E-state index in [2.05, 4.69) is 46.8 Å². The summed E-state index contributed by atoms with van der Waals surface area (Å²) in [6, 6.07) is 11.9. The summed E-state index contributed by atoms with van der Waals surface area (Å²) < 4.78 is 24.9. The normalized spacial score (nSPS) is 10.3. The number of rotatable bonds is 7. The van der Waals surface area contributed by atoms with Gasteiger partial charge in [0.25, 0.3) is 0 Å². The molecule has 0 aliphatic carbocycles. The molecule has 2 aromatic carbocycles. The van der Waals surface area contributed by atoms with Crippen LogP contribution in [0.3, 0.4) is 0 Å². The lowest BCUT2D eigenvalue weighted by Gasteiger charge is -2.05. The fraction of sp³-hybridized carbons (Fsp3) is 0.227. The zero-order chi connectivity index (χ0) is 33.4. The Bertz CT molecular complexity index is 1570. The number of carboxylic acids is 2. The van der Waals surface area contributed by atoms with Gasteiger partial charge in [-0.2, -0.15) is 8.42 Å². The standard InChI is InChI=1S/C9H9N3O2.C9H11NO2.C3H3N5O2S.CH4O.ClH.S4.H2/c1-6-2-4-7(5-3-6)8(9(13)14)11-12-10;1-6-2-4-7(5-3-6)8(10)9(11)12;4-6-7-11(9,10)8-2-1-5-3-8;1-2;;1-3-4-2;/h2-5,8H,1H3,(H,13,14);2-5,8H,10H2,1H3,(H,11,12);1-3H;2H,1H3;1H;;1H. The van der Waals surface area contributed by atoms with Crippen LogP contribution in [-0.2, 0) is 59.9 Å². The van der Waals surface area contributed by atoms with E-state index >= 15 is 0 Å². The summed E-state index contributed by atoms with van der Waals surface area (Å²) in [6.07, 6.45) is 3.47. The van der Waals surface area contributed by atoms with Crippen molar-refractivity contribution in [2.45, 2.75) is 25.9 Å². The molecule has 2 atom stereocenters. The average Bonchev–Trinajstić information content (AvgIpc) is 3.55. The van der Waals surface area contributed by atoms with Crippen LogP contribution >= 0.6 is 0 Å². The van der Waals surface area contributed by atoms with Crippen molar-refractivity contribution < 1.29 is 48.6 Å². The van der Waals surface area contributed by atoms with Gasteiger partial charge in [0.2, 0.25) is 0 Å². The number of aryl methyl sites for hydroxylation is 2. The van der Waals surface area contributed by atoms with Crippen molar-refractivity contribution in [3.05, 3.63) is 110 Å². The van der Waals surface area contributed by atoms with Crippen molar-refractivity contribution in [3.63, 3.8) is 0 Å². The molecule has 5 N–H and O–H groups in total. The number of halogens is 1. The van der Waals surface area contributed by atoms with Gasteiger partial charge in [0.05, 0.1) is 4.52 Å². The SMILES string of the molecule is CO.Cc1ccc(C(N)C(=O)O)cc1.Cc1ccc(C(N=[N+]=[N-])C(=O)O)cc1.S=S=S=S.[Cl-].[H+].[HH].[N-]=[N+]=NS(=O)(=O)n1ccnc1. The van der Waals surface area contributed by atoms with Crippen molar-refractivity contribution in [2.75, 3.05) is 7.11 Å². The van der Waals surface area contributed by atoms with Crippen LogP contribution < -0.4 is 18.1 Å². The Labute approximate surface area is 277 Å². The van der Waals surface area contributed by atoms with Crippen LogP contribution in [0.5, 0.6) is 0 Å². The van der Waals surface area contributed by atoms with E-state index in [1.54, 1.807) is 36.4 Å². The molecular weight excluding hydrogens is 698 g/mol. The number of hydrogen-bond acceptors (Lipinski definition) is 10. The Kier molecular flexibility index (Phi) is 26.1. The molecule has 0 radical (unpaired) electrons. The zero-order valence-electron chi connectivity index (χ0n) is 24.1. The van der Waals surface area contributed by atoms with Crippen molar-refractivity contribution in [1.29, 1.82) is 0 Å². The topological polar surface area (TPSA) is 270 Å². The van der Waals surface area contributed by atoms with Gasteiger partial charge < -0.3 is 33.5 Å². The summed E-state index contributed by atoms with van der Waals surface area (Å²) in [4.78, 5) is 29.3. The molecule has 0 amide bonds. The van der Waals surface area contributed by atoms with Gasteiger partial charge in [-0.25, -0.2) is 8.96 Å². The van der Waals surface area contributed by atoms with E-state index in [4.69, 9.17) is 32.1 Å². The van der Waals surface area contributed by atoms with Crippen LogP contribution in [0, 0.1) is 13.8 Å². The number of benzene rings is 2. The number of nitrogens with two attached hydrogens (primary N) is 1. The van der Waals surface area contributed by atoms with Crippen LogP contribution in [0.4, 0.5) is 0 Å². The summed E-state index contributed by atoms with van der Waals surface area (Å²) in [7, 11) is -0.562. The fourth-order valence-corrected chi connectivity index (χ4v) is 3.01. The number of aromatic nitrogens is 2. The molecule has 1 heterocycles. The monoisotopic (exact) mass is 727 g/mol. The summed E-state index contributed by atoms with van der Waals surface area (Å²) in [6.45, 7) is 3.84. The van der Waals surface area contributed by atoms with E-state index in [9.17, 15) is 18.0 Å².